The predicted molar refractivity (Wildman–Crippen MR) is 62.4 cm³/mol. The highest BCUT2D eigenvalue weighted by molar-refractivity contribution is 5.59. The number of nitrogens with zero attached hydrogens (tertiary/aromatic N) is 5. The van der Waals surface area contributed by atoms with Gasteiger partial charge in [0.1, 0.15) is 19.0 Å². The molecule has 3 aromatic rings. The molecule has 0 unspecified atom stereocenters. The van der Waals surface area contributed by atoms with E-state index in [0.717, 1.165) is 16.9 Å². The smallest absolute Gasteiger partial charge is 0.138 e. The van der Waals surface area contributed by atoms with E-state index >= 15 is 0 Å². The van der Waals surface area contributed by atoms with Gasteiger partial charge in [-0.3, -0.25) is 0 Å². The number of hydrogen-bond donors (Lipinski definition) is 0. The van der Waals surface area contributed by atoms with Crippen molar-refractivity contribution in [2.75, 3.05) is 0 Å². The van der Waals surface area contributed by atoms with E-state index in [1.807, 2.05) is 30.3 Å². The molecule has 0 aliphatic heterocycles. The minimum absolute atomic E-state index is 0.908. The number of rotatable bonds is 2. The second kappa shape index (κ2) is 4.13. The van der Waals surface area contributed by atoms with Gasteiger partial charge in [0.05, 0.1) is 11.4 Å². The van der Waals surface area contributed by atoms with E-state index in [9.17, 15) is 0 Å². The van der Waals surface area contributed by atoms with Crippen molar-refractivity contribution in [3.05, 3.63) is 55.5 Å². The van der Waals surface area contributed by atoms with E-state index in [1.54, 1.807) is 23.5 Å². The van der Waals surface area contributed by atoms with Gasteiger partial charge < -0.3 is 0 Å². The van der Waals surface area contributed by atoms with Crippen LogP contribution < -0.4 is 0 Å². The van der Waals surface area contributed by atoms with Gasteiger partial charge in [-0.05, 0) is 18.2 Å². The molecule has 0 spiro atoms. The zero-order valence-corrected chi connectivity index (χ0v) is 8.93. The summed E-state index contributed by atoms with van der Waals surface area (Å²) in [6, 6.07) is 9.83. The van der Waals surface area contributed by atoms with Crippen molar-refractivity contribution >= 4 is 0 Å². The van der Waals surface area contributed by atoms with E-state index in [4.69, 9.17) is 0 Å². The van der Waals surface area contributed by atoms with Crippen LogP contribution in [-0.2, 0) is 0 Å². The molecule has 2 heterocycles. The van der Waals surface area contributed by atoms with Crippen molar-refractivity contribution in [1.29, 1.82) is 0 Å². The average Bonchev–Trinajstić information content (AvgIpc) is 2.94. The van der Waals surface area contributed by atoms with Gasteiger partial charge in [0.15, 0.2) is 0 Å². The van der Waals surface area contributed by atoms with Gasteiger partial charge in [0.25, 0.3) is 0 Å². The molecular formula is C12H9N5. The molecule has 17 heavy (non-hydrogen) atoms. The second-order valence-electron chi connectivity index (χ2n) is 3.48. The summed E-state index contributed by atoms with van der Waals surface area (Å²) in [5.41, 5.74) is 2.93. The van der Waals surface area contributed by atoms with Crippen LogP contribution in [0.2, 0.25) is 0 Å². The lowest BCUT2D eigenvalue weighted by Crippen LogP contribution is -1.93. The summed E-state index contributed by atoms with van der Waals surface area (Å²) >= 11 is 0. The van der Waals surface area contributed by atoms with Gasteiger partial charge in [-0.15, -0.1) is 0 Å². The van der Waals surface area contributed by atoms with Gasteiger partial charge in [0, 0.05) is 11.8 Å². The Morgan fingerprint density at radius 2 is 1.76 bits per heavy atom. The summed E-state index contributed by atoms with van der Waals surface area (Å²) in [6.45, 7) is 0. The number of aromatic nitrogens is 5. The Bertz CT molecular complexity index is 587. The van der Waals surface area contributed by atoms with E-state index < -0.39 is 0 Å². The topological polar surface area (TPSA) is 56.5 Å². The van der Waals surface area contributed by atoms with E-state index in [0.29, 0.717) is 0 Å². The van der Waals surface area contributed by atoms with Crippen LogP contribution in [0.15, 0.2) is 55.5 Å². The predicted octanol–water partition coefficient (Wildman–Crippen LogP) is 1.72. The molecule has 0 bridgehead atoms. The Balaban J connectivity index is 1.96. The van der Waals surface area contributed by atoms with Crippen LogP contribution >= 0.6 is 0 Å². The highest BCUT2D eigenvalue weighted by Gasteiger charge is 2.00. The van der Waals surface area contributed by atoms with Crippen LogP contribution in [0.5, 0.6) is 0 Å². The van der Waals surface area contributed by atoms with Crippen molar-refractivity contribution < 1.29 is 0 Å². The Labute approximate surface area is 97.8 Å². The maximum absolute atomic E-state index is 4.20. The Hall–Kier alpha value is -2.56. The maximum atomic E-state index is 4.20. The van der Waals surface area contributed by atoms with Crippen molar-refractivity contribution in [2.45, 2.75) is 0 Å². The minimum atomic E-state index is 0.908. The monoisotopic (exact) mass is 223 g/mol. The van der Waals surface area contributed by atoms with E-state index in [2.05, 4.69) is 20.1 Å². The molecule has 82 valence electrons. The van der Waals surface area contributed by atoms with Gasteiger partial charge in [0.2, 0.25) is 0 Å². The quantitative estimate of drug-likeness (QED) is 0.663. The molecule has 2 aromatic heterocycles. The summed E-state index contributed by atoms with van der Waals surface area (Å²) in [7, 11) is 0. The first-order valence-electron chi connectivity index (χ1n) is 5.15. The lowest BCUT2D eigenvalue weighted by atomic mass is 10.1. The molecule has 0 aliphatic rings. The molecule has 0 atom stereocenters. The molecule has 5 heteroatoms. The average molecular weight is 223 g/mol. The Morgan fingerprint density at radius 3 is 2.41 bits per heavy atom. The van der Waals surface area contributed by atoms with E-state index in [1.165, 1.54) is 6.33 Å². The number of hydrogen-bond acceptors (Lipinski definition) is 4. The van der Waals surface area contributed by atoms with Crippen molar-refractivity contribution in [3.8, 4) is 16.9 Å². The fourth-order valence-electron chi connectivity index (χ4n) is 1.59. The molecule has 0 aliphatic carbocycles. The molecule has 0 amide bonds. The van der Waals surface area contributed by atoms with Crippen LogP contribution in [0, 0.1) is 0 Å². The highest BCUT2D eigenvalue weighted by atomic mass is 15.3. The molecule has 3 rings (SSSR count). The fourth-order valence-corrected chi connectivity index (χ4v) is 1.59. The van der Waals surface area contributed by atoms with Gasteiger partial charge in [-0.2, -0.15) is 5.10 Å². The summed E-state index contributed by atoms with van der Waals surface area (Å²) in [4.78, 5) is 12.0. The molecule has 0 saturated heterocycles. The lowest BCUT2D eigenvalue weighted by Gasteiger charge is -2.02. The molecule has 0 fully saturated rings. The van der Waals surface area contributed by atoms with Crippen LogP contribution in [0.3, 0.4) is 0 Å². The molecular weight excluding hydrogens is 214 g/mol. The molecule has 5 nitrogen and oxygen atoms in total. The normalized spacial score (nSPS) is 10.4. The van der Waals surface area contributed by atoms with Gasteiger partial charge >= 0.3 is 0 Å². The highest BCUT2D eigenvalue weighted by Crippen LogP contribution is 2.17. The van der Waals surface area contributed by atoms with Crippen LogP contribution in [0.4, 0.5) is 0 Å². The third-order valence-electron chi connectivity index (χ3n) is 2.43. The van der Waals surface area contributed by atoms with E-state index in [-0.39, 0.29) is 0 Å². The molecule has 0 radical (unpaired) electrons. The standard InChI is InChI=1S/C12H9N5/c1-3-11(17-9-14-8-16-17)4-2-10(1)12-5-6-13-7-15-12/h1-9H. The first-order chi connectivity index (χ1) is 8.43. The van der Waals surface area contributed by atoms with Crippen LogP contribution in [0.25, 0.3) is 16.9 Å². The molecule has 0 saturated carbocycles. The SMILES string of the molecule is c1cc(-c2ccc(-n3cncn3)cc2)ncn1. The minimum Gasteiger partial charge on any atom is -0.245 e. The largest absolute Gasteiger partial charge is 0.245 e. The maximum Gasteiger partial charge on any atom is 0.138 e. The summed E-state index contributed by atoms with van der Waals surface area (Å²) in [5.74, 6) is 0. The molecule has 1 aromatic carbocycles. The zero-order valence-electron chi connectivity index (χ0n) is 8.93. The first kappa shape index (κ1) is 9.65. The zero-order chi connectivity index (χ0) is 11.5. The Morgan fingerprint density at radius 1 is 0.882 bits per heavy atom. The fraction of sp³-hybridized carbons (Fsp3) is 0. The van der Waals surface area contributed by atoms with Crippen LogP contribution in [-0.4, -0.2) is 24.7 Å². The lowest BCUT2D eigenvalue weighted by molar-refractivity contribution is 0.879. The summed E-state index contributed by atoms with van der Waals surface area (Å²) < 4.78 is 1.71. The first-order valence-corrected chi connectivity index (χ1v) is 5.15. The summed E-state index contributed by atoms with van der Waals surface area (Å²) in [5, 5.41) is 4.07. The Kier molecular flexibility index (Phi) is 2.34. The molecule has 0 N–H and O–H groups in total. The van der Waals surface area contributed by atoms with Crippen molar-refractivity contribution in [2.24, 2.45) is 0 Å². The van der Waals surface area contributed by atoms with Crippen LogP contribution in [0.1, 0.15) is 0 Å². The van der Waals surface area contributed by atoms with Crippen molar-refractivity contribution in [1.82, 2.24) is 24.7 Å². The third-order valence-corrected chi connectivity index (χ3v) is 2.43. The van der Waals surface area contributed by atoms with Gasteiger partial charge in [-0.25, -0.2) is 19.6 Å². The third kappa shape index (κ3) is 1.90. The number of benzene rings is 1. The second-order valence-corrected chi connectivity index (χ2v) is 3.48. The summed E-state index contributed by atoms with van der Waals surface area (Å²) in [6.07, 6.45) is 6.45. The van der Waals surface area contributed by atoms with Gasteiger partial charge in [-0.1, -0.05) is 12.1 Å². The van der Waals surface area contributed by atoms with Crippen molar-refractivity contribution in [3.63, 3.8) is 0 Å².